The number of hydrogen-bond acceptors (Lipinski definition) is 4. The van der Waals surface area contributed by atoms with Gasteiger partial charge in [-0.25, -0.2) is 4.98 Å². The summed E-state index contributed by atoms with van der Waals surface area (Å²) in [6.07, 6.45) is 6.82. The molecule has 0 saturated carbocycles. The molecule has 0 bridgehead atoms. The Labute approximate surface area is 141 Å². The Morgan fingerprint density at radius 1 is 1.38 bits per heavy atom. The number of para-hydroxylation sites is 1. The molecule has 6 heteroatoms. The summed E-state index contributed by atoms with van der Waals surface area (Å²) in [5.41, 5.74) is 0.590. The molecule has 0 aliphatic carbocycles. The lowest BCUT2D eigenvalue weighted by atomic mass is 10.0. The summed E-state index contributed by atoms with van der Waals surface area (Å²) in [4.78, 5) is 19.3. The second kappa shape index (κ2) is 6.19. The zero-order chi connectivity index (χ0) is 16.5. The average Bonchev–Trinajstić information content (AvgIpc) is 3.29. The Balaban J connectivity index is 1.56. The molecule has 1 saturated heterocycles. The van der Waals surface area contributed by atoms with Crippen molar-refractivity contribution in [1.29, 1.82) is 0 Å². The van der Waals surface area contributed by atoms with Gasteiger partial charge in [0.25, 0.3) is 5.91 Å². The minimum absolute atomic E-state index is 0.0141. The molecule has 0 spiro atoms. The second-order valence-electron chi connectivity index (χ2n) is 6.19. The first-order valence-corrected chi connectivity index (χ1v) is 8.47. The van der Waals surface area contributed by atoms with Gasteiger partial charge in [-0.1, -0.05) is 13.0 Å². The van der Waals surface area contributed by atoms with Crippen LogP contribution in [0.15, 0.2) is 30.6 Å². The predicted octanol–water partition coefficient (Wildman–Crippen LogP) is 2.65. The van der Waals surface area contributed by atoms with Gasteiger partial charge in [-0.05, 0) is 25.0 Å². The lowest BCUT2D eigenvalue weighted by molar-refractivity contribution is 0.0673. The minimum Gasteiger partial charge on any atom is -0.454 e. The lowest BCUT2D eigenvalue weighted by Crippen LogP contribution is -2.41. The fraction of sp³-hybridized carbons (Fsp3) is 0.444. The van der Waals surface area contributed by atoms with Gasteiger partial charge in [0, 0.05) is 31.9 Å². The highest BCUT2D eigenvalue weighted by molar-refractivity contribution is 5.98. The molecule has 1 amide bonds. The average molecular weight is 327 g/mol. The zero-order valence-corrected chi connectivity index (χ0v) is 13.8. The molecule has 2 aromatic rings. The van der Waals surface area contributed by atoms with Crippen LogP contribution in [0.25, 0.3) is 0 Å². The SMILES string of the molecule is CCc1nccn1[C@@H]1CCCN(C(=O)c2cccc3c2OCO3)C1. The molecule has 6 nitrogen and oxygen atoms in total. The summed E-state index contributed by atoms with van der Waals surface area (Å²) < 4.78 is 13.1. The summed E-state index contributed by atoms with van der Waals surface area (Å²) in [6.45, 7) is 3.76. The van der Waals surface area contributed by atoms with E-state index in [4.69, 9.17) is 9.47 Å². The van der Waals surface area contributed by atoms with Crippen LogP contribution in [0.2, 0.25) is 0 Å². The van der Waals surface area contributed by atoms with E-state index in [1.807, 2.05) is 35.5 Å². The number of likely N-dealkylation sites (tertiary alicyclic amines) is 1. The Bertz CT molecular complexity index is 756. The van der Waals surface area contributed by atoms with Crippen LogP contribution < -0.4 is 9.47 Å². The molecule has 2 aliphatic heterocycles. The molecule has 0 N–H and O–H groups in total. The Kier molecular flexibility index (Phi) is 3.88. The van der Waals surface area contributed by atoms with Gasteiger partial charge in [0.1, 0.15) is 5.82 Å². The number of ether oxygens (including phenoxy) is 2. The molecule has 0 unspecified atom stereocenters. The molecule has 1 aromatic carbocycles. The molecule has 1 fully saturated rings. The smallest absolute Gasteiger partial charge is 0.257 e. The van der Waals surface area contributed by atoms with Crippen LogP contribution in [0.3, 0.4) is 0 Å². The highest BCUT2D eigenvalue weighted by atomic mass is 16.7. The van der Waals surface area contributed by atoms with Crippen LogP contribution in [0, 0.1) is 0 Å². The van der Waals surface area contributed by atoms with Crippen LogP contribution in [-0.4, -0.2) is 40.2 Å². The predicted molar refractivity (Wildman–Crippen MR) is 88.3 cm³/mol. The van der Waals surface area contributed by atoms with Crippen molar-refractivity contribution in [3.63, 3.8) is 0 Å². The number of rotatable bonds is 3. The largest absolute Gasteiger partial charge is 0.454 e. The zero-order valence-electron chi connectivity index (χ0n) is 13.8. The van der Waals surface area contributed by atoms with Gasteiger partial charge in [0.2, 0.25) is 6.79 Å². The Hall–Kier alpha value is -2.50. The van der Waals surface area contributed by atoms with E-state index >= 15 is 0 Å². The topological polar surface area (TPSA) is 56.6 Å². The minimum atomic E-state index is 0.0141. The van der Waals surface area contributed by atoms with Crippen molar-refractivity contribution >= 4 is 5.91 Å². The molecule has 4 rings (SSSR count). The summed E-state index contributed by atoms with van der Waals surface area (Å²) in [6, 6.07) is 5.77. The van der Waals surface area contributed by atoms with Crippen LogP contribution in [-0.2, 0) is 6.42 Å². The Morgan fingerprint density at radius 3 is 3.17 bits per heavy atom. The third-order valence-electron chi connectivity index (χ3n) is 4.77. The standard InChI is InChI=1S/C18H21N3O3/c1-2-16-19-8-10-21(16)13-5-4-9-20(11-13)18(22)14-6-3-7-15-17(14)24-12-23-15/h3,6-8,10,13H,2,4-5,9,11-12H2,1H3/t13-/m1/s1. The van der Waals surface area contributed by atoms with Gasteiger partial charge in [-0.2, -0.15) is 0 Å². The maximum absolute atomic E-state index is 13.0. The van der Waals surface area contributed by atoms with Crippen molar-refractivity contribution in [2.24, 2.45) is 0 Å². The van der Waals surface area contributed by atoms with Gasteiger partial charge in [0.05, 0.1) is 11.6 Å². The van der Waals surface area contributed by atoms with E-state index in [1.165, 1.54) is 0 Å². The van der Waals surface area contributed by atoms with E-state index in [2.05, 4.69) is 16.5 Å². The molecule has 1 aromatic heterocycles. The number of hydrogen-bond donors (Lipinski definition) is 0. The van der Waals surface area contributed by atoms with Gasteiger partial charge in [0.15, 0.2) is 11.5 Å². The first kappa shape index (κ1) is 15.1. The number of piperidine rings is 1. The monoisotopic (exact) mass is 327 g/mol. The maximum Gasteiger partial charge on any atom is 0.257 e. The molecule has 2 aliphatic rings. The number of amides is 1. The third kappa shape index (κ3) is 2.52. The van der Waals surface area contributed by atoms with Crippen LogP contribution in [0.1, 0.15) is 42.0 Å². The number of imidazole rings is 1. The van der Waals surface area contributed by atoms with Crippen LogP contribution >= 0.6 is 0 Å². The fourth-order valence-electron chi connectivity index (χ4n) is 3.59. The van der Waals surface area contributed by atoms with Crippen molar-refractivity contribution in [2.45, 2.75) is 32.2 Å². The van der Waals surface area contributed by atoms with Crippen molar-refractivity contribution in [3.05, 3.63) is 42.0 Å². The van der Waals surface area contributed by atoms with Gasteiger partial charge in [-0.3, -0.25) is 4.79 Å². The van der Waals surface area contributed by atoms with E-state index in [0.29, 0.717) is 23.6 Å². The molecular formula is C18H21N3O3. The van der Waals surface area contributed by atoms with Gasteiger partial charge in [-0.15, -0.1) is 0 Å². The van der Waals surface area contributed by atoms with Gasteiger partial charge >= 0.3 is 0 Å². The van der Waals surface area contributed by atoms with Crippen molar-refractivity contribution in [3.8, 4) is 11.5 Å². The first-order chi connectivity index (χ1) is 11.8. The summed E-state index contributed by atoms with van der Waals surface area (Å²) in [5, 5.41) is 0. The molecule has 0 radical (unpaired) electrons. The van der Waals surface area contributed by atoms with E-state index in [1.54, 1.807) is 0 Å². The number of fused-ring (bicyclic) bond motifs is 1. The van der Waals surface area contributed by atoms with E-state index < -0.39 is 0 Å². The number of carbonyl (C=O) groups is 1. The first-order valence-electron chi connectivity index (χ1n) is 8.47. The normalized spacial score (nSPS) is 19.5. The van der Waals surface area contributed by atoms with E-state index in [0.717, 1.165) is 31.6 Å². The lowest BCUT2D eigenvalue weighted by Gasteiger charge is -2.34. The quantitative estimate of drug-likeness (QED) is 0.870. The molecule has 126 valence electrons. The third-order valence-corrected chi connectivity index (χ3v) is 4.77. The van der Waals surface area contributed by atoms with Crippen molar-refractivity contribution in [2.75, 3.05) is 19.9 Å². The van der Waals surface area contributed by atoms with Crippen LogP contribution in [0.4, 0.5) is 0 Å². The second-order valence-corrected chi connectivity index (χ2v) is 6.19. The molecule has 3 heterocycles. The Morgan fingerprint density at radius 2 is 2.29 bits per heavy atom. The number of aryl methyl sites for hydroxylation is 1. The summed E-state index contributed by atoms with van der Waals surface area (Å²) in [5.74, 6) is 2.31. The summed E-state index contributed by atoms with van der Waals surface area (Å²) in [7, 11) is 0. The van der Waals surface area contributed by atoms with Crippen molar-refractivity contribution in [1.82, 2.24) is 14.5 Å². The molecule has 24 heavy (non-hydrogen) atoms. The highest BCUT2D eigenvalue weighted by Crippen LogP contribution is 2.36. The van der Waals surface area contributed by atoms with Crippen molar-refractivity contribution < 1.29 is 14.3 Å². The number of benzene rings is 1. The molecule has 1 atom stereocenters. The van der Waals surface area contributed by atoms with E-state index in [-0.39, 0.29) is 18.7 Å². The van der Waals surface area contributed by atoms with Gasteiger partial charge < -0.3 is 18.9 Å². The highest BCUT2D eigenvalue weighted by Gasteiger charge is 2.30. The van der Waals surface area contributed by atoms with Crippen LogP contribution in [0.5, 0.6) is 11.5 Å². The number of carbonyl (C=O) groups excluding carboxylic acids is 1. The summed E-state index contributed by atoms with van der Waals surface area (Å²) >= 11 is 0. The fourth-order valence-corrected chi connectivity index (χ4v) is 3.59. The number of aromatic nitrogens is 2. The number of nitrogens with zero attached hydrogens (tertiary/aromatic N) is 3. The molecular weight excluding hydrogens is 306 g/mol. The van der Waals surface area contributed by atoms with E-state index in [9.17, 15) is 4.79 Å². The maximum atomic E-state index is 13.0.